The monoisotopic (exact) mass is 310 g/mol. The molecule has 2 rings (SSSR count). The maximum absolute atomic E-state index is 12.1. The van der Waals surface area contributed by atoms with Gasteiger partial charge < -0.3 is 15.8 Å². The van der Waals surface area contributed by atoms with Crippen LogP contribution in [0.4, 0.5) is 0 Å². The van der Waals surface area contributed by atoms with E-state index in [1.165, 1.54) is 0 Å². The lowest BCUT2D eigenvalue weighted by atomic mass is 9.91. The molecule has 0 radical (unpaired) electrons. The van der Waals surface area contributed by atoms with Gasteiger partial charge in [0.1, 0.15) is 5.54 Å². The first kappa shape index (κ1) is 15.8. The SMILES string of the molecule is C[C@](NC(=O)C[C@@H]1CCCO1)(C(N)=O)c1cccc(Cl)c1. The molecule has 0 bridgehead atoms. The average Bonchev–Trinajstić information content (AvgIpc) is 2.91. The molecule has 21 heavy (non-hydrogen) atoms. The molecule has 0 saturated carbocycles. The Morgan fingerprint density at radius 3 is 2.86 bits per heavy atom. The summed E-state index contributed by atoms with van der Waals surface area (Å²) in [5, 5.41) is 3.19. The van der Waals surface area contributed by atoms with Crippen LogP contribution in [0.5, 0.6) is 0 Å². The van der Waals surface area contributed by atoms with Gasteiger partial charge in [0.25, 0.3) is 0 Å². The molecular formula is C15H19ClN2O3. The number of primary amides is 1. The van der Waals surface area contributed by atoms with Crippen molar-refractivity contribution in [3.63, 3.8) is 0 Å². The third kappa shape index (κ3) is 3.74. The Hall–Kier alpha value is -1.59. The molecule has 0 aliphatic carbocycles. The molecule has 0 spiro atoms. The summed E-state index contributed by atoms with van der Waals surface area (Å²) in [5.41, 5.74) is 4.75. The van der Waals surface area contributed by atoms with E-state index in [1.807, 2.05) is 0 Å². The van der Waals surface area contributed by atoms with Crippen LogP contribution in [0, 0.1) is 0 Å². The Kier molecular flexibility index (Phi) is 4.85. The van der Waals surface area contributed by atoms with Crippen molar-refractivity contribution < 1.29 is 14.3 Å². The maximum atomic E-state index is 12.1. The third-order valence-corrected chi connectivity index (χ3v) is 3.96. The van der Waals surface area contributed by atoms with Crippen molar-refractivity contribution >= 4 is 23.4 Å². The van der Waals surface area contributed by atoms with Gasteiger partial charge in [-0.05, 0) is 37.5 Å². The molecule has 1 aromatic carbocycles. The minimum absolute atomic E-state index is 0.0820. The lowest BCUT2D eigenvalue weighted by molar-refractivity contribution is -0.132. The largest absolute Gasteiger partial charge is 0.378 e. The molecule has 1 heterocycles. The molecule has 6 heteroatoms. The van der Waals surface area contributed by atoms with E-state index in [9.17, 15) is 9.59 Å². The zero-order valence-corrected chi connectivity index (χ0v) is 12.7. The van der Waals surface area contributed by atoms with Crippen LogP contribution in [-0.4, -0.2) is 24.5 Å². The lowest BCUT2D eigenvalue weighted by Gasteiger charge is -2.28. The summed E-state index contributed by atoms with van der Waals surface area (Å²) in [6.07, 6.45) is 1.96. The zero-order chi connectivity index (χ0) is 15.5. The van der Waals surface area contributed by atoms with Crippen LogP contribution in [0.3, 0.4) is 0 Å². The van der Waals surface area contributed by atoms with Crippen LogP contribution >= 0.6 is 11.6 Å². The summed E-state index contributed by atoms with van der Waals surface area (Å²) in [6, 6.07) is 6.74. The van der Waals surface area contributed by atoms with E-state index >= 15 is 0 Å². The molecule has 114 valence electrons. The van der Waals surface area contributed by atoms with Crippen molar-refractivity contribution in [1.82, 2.24) is 5.32 Å². The Bertz CT molecular complexity index is 543. The summed E-state index contributed by atoms with van der Waals surface area (Å²) < 4.78 is 5.43. The van der Waals surface area contributed by atoms with Crippen molar-refractivity contribution in [2.24, 2.45) is 5.73 Å². The van der Waals surface area contributed by atoms with Gasteiger partial charge in [-0.25, -0.2) is 0 Å². The Labute approximate surface area is 128 Å². The number of nitrogens with one attached hydrogen (secondary N) is 1. The van der Waals surface area contributed by atoms with Gasteiger partial charge in [0.2, 0.25) is 11.8 Å². The number of benzene rings is 1. The highest BCUT2D eigenvalue weighted by Crippen LogP contribution is 2.24. The summed E-state index contributed by atoms with van der Waals surface area (Å²) >= 11 is 5.94. The standard InChI is InChI=1S/C15H19ClN2O3/c1-15(14(17)20,10-4-2-5-11(16)8-10)18-13(19)9-12-6-3-7-21-12/h2,4-5,8,12H,3,6-7,9H2,1H3,(H2,17,20)(H,18,19)/t12-,15+/m0/s1. The average molecular weight is 311 g/mol. The molecule has 5 nitrogen and oxygen atoms in total. The highest BCUT2D eigenvalue weighted by Gasteiger charge is 2.35. The third-order valence-electron chi connectivity index (χ3n) is 3.72. The fraction of sp³-hybridized carbons (Fsp3) is 0.467. The maximum Gasteiger partial charge on any atom is 0.247 e. The lowest BCUT2D eigenvalue weighted by Crippen LogP contribution is -2.53. The van der Waals surface area contributed by atoms with E-state index in [1.54, 1.807) is 31.2 Å². The Morgan fingerprint density at radius 2 is 2.29 bits per heavy atom. The molecule has 0 unspecified atom stereocenters. The number of halogens is 1. The van der Waals surface area contributed by atoms with Gasteiger partial charge in [0.05, 0.1) is 12.5 Å². The van der Waals surface area contributed by atoms with Gasteiger partial charge in [-0.2, -0.15) is 0 Å². The fourth-order valence-corrected chi connectivity index (χ4v) is 2.61. The van der Waals surface area contributed by atoms with Gasteiger partial charge in [-0.3, -0.25) is 9.59 Å². The predicted octanol–water partition coefficient (Wildman–Crippen LogP) is 1.73. The predicted molar refractivity (Wildman–Crippen MR) is 79.7 cm³/mol. The highest BCUT2D eigenvalue weighted by molar-refractivity contribution is 6.30. The number of nitrogens with two attached hydrogens (primary N) is 1. The zero-order valence-electron chi connectivity index (χ0n) is 11.9. The molecule has 2 atom stereocenters. The van der Waals surface area contributed by atoms with Crippen LogP contribution in [0.1, 0.15) is 31.7 Å². The summed E-state index contributed by atoms with van der Waals surface area (Å²) in [4.78, 5) is 24.0. The smallest absolute Gasteiger partial charge is 0.247 e. The minimum atomic E-state index is -1.29. The number of carbonyl (C=O) groups is 2. The van der Waals surface area contributed by atoms with E-state index < -0.39 is 11.4 Å². The second kappa shape index (κ2) is 6.45. The Balaban J connectivity index is 2.14. The number of hydrogen-bond acceptors (Lipinski definition) is 3. The van der Waals surface area contributed by atoms with Crippen LogP contribution in [0.25, 0.3) is 0 Å². The van der Waals surface area contributed by atoms with Gasteiger partial charge in [-0.1, -0.05) is 23.7 Å². The molecule has 1 aliphatic rings. The van der Waals surface area contributed by atoms with Gasteiger partial charge in [0.15, 0.2) is 0 Å². The number of carbonyl (C=O) groups excluding carboxylic acids is 2. The second-order valence-corrected chi connectivity index (χ2v) is 5.82. The number of hydrogen-bond donors (Lipinski definition) is 2. The van der Waals surface area contributed by atoms with Gasteiger partial charge in [-0.15, -0.1) is 0 Å². The molecule has 2 amide bonds. The quantitative estimate of drug-likeness (QED) is 0.869. The van der Waals surface area contributed by atoms with Crippen LogP contribution in [-0.2, 0) is 19.9 Å². The van der Waals surface area contributed by atoms with Crippen molar-refractivity contribution in [2.45, 2.75) is 37.8 Å². The summed E-state index contributed by atoms with van der Waals surface area (Å²) in [5.74, 6) is -0.895. The van der Waals surface area contributed by atoms with E-state index in [0.717, 1.165) is 12.8 Å². The van der Waals surface area contributed by atoms with E-state index in [-0.39, 0.29) is 18.4 Å². The summed E-state index contributed by atoms with van der Waals surface area (Å²) in [7, 11) is 0. The van der Waals surface area contributed by atoms with Crippen molar-refractivity contribution in [2.75, 3.05) is 6.61 Å². The molecule has 0 aromatic heterocycles. The van der Waals surface area contributed by atoms with E-state index in [0.29, 0.717) is 17.2 Å². The molecular weight excluding hydrogens is 292 g/mol. The highest BCUT2D eigenvalue weighted by atomic mass is 35.5. The normalized spacial score (nSPS) is 20.8. The van der Waals surface area contributed by atoms with E-state index in [2.05, 4.69) is 5.32 Å². The molecule has 1 aliphatic heterocycles. The summed E-state index contributed by atoms with van der Waals surface area (Å²) in [6.45, 7) is 2.26. The fourth-order valence-electron chi connectivity index (χ4n) is 2.42. The van der Waals surface area contributed by atoms with E-state index in [4.69, 9.17) is 22.1 Å². The molecule has 1 saturated heterocycles. The first-order valence-corrected chi connectivity index (χ1v) is 7.28. The van der Waals surface area contributed by atoms with Crippen molar-refractivity contribution in [3.8, 4) is 0 Å². The van der Waals surface area contributed by atoms with Crippen molar-refractivity contribution in [3.05, 3.63) is 34.9 Å². The van der Waals surface area contributed by atoms with Crippen LogP contribution < -0.4 is 11.1 Å². The number of ether oxygens (including phenoxy) is 1. The van der Waals surface area contributed by atoms with Crippen molar-refractivity contribution in [1.29, 1.82) is 0 Å². The molecule has 1 aromatic rings. The first-order chi connectivity index (χ1) is 9.91. The van der Waals surface area contributed by atoms with Gasteiger partial charge >= 0.3 is 0 Å². The Morgan fingerprint density at radius 1 is 1.52 bits per heavy atom. The van der Waals surface area contributed by atoms with Gasteiger partial charge in [0, 0.05) is 11.6 Å². The number of rotatable bonds is 5. The second-order valence-electron chi connectivity index (χ2n) is 5.39. The topological polar surface area (TPSA) is 81.4 Å². The minimum Gasteiger partial charge on any atom is -0.378 e. The van der Waals surface area contributed by atoms with Crippen LogP contribution in [0.15, 0.2) is 24.3 Å². The molecule has 3 N–H and O–H groups in total. The first-order valence-electron chi connectivity index (χ1n) is 6.90. The number of amides is 2. The molecule has 1 fully saturated rings. The van der Waals surface area contributed by atoms with Crippen LogP contribution in [0.2, 0.25) is 5.02 Å².